The fraction of sp³-hybridized carbons (Fsp3) is 0.300. The Labute approximate surface area is 134 Å². The van der Waals surface area contributed by atoms with Crippen molar-refractivity contribution in [1.82, 2.24) is 0 Å². The van der Waals surface area contributed by atoms with Gasteiger partial charge in [-0.25, -0.2) is 0 Å². The monoisotopic (exact) mass is 296 g/mol. The summed E-state index contributed by atoms with van der Waals surface area (Å²) >= 11 is 0. The van der Waals surface area contributed by atoms with Crippen molar-refractivity contribution in [3.63, 3.8) is 0 Å². The van der Waals surface area contributed by atoms with E-state index in [1.165, 1.54) is 0 Å². The Hall–Kier alpha value is -1.90. The van der Waals surface area contributed by atoms with Crippen LogP contribution in [0, 0.1) is 0 Å². The van der Waals surface area contributed by atoms with Crippen molar-refractivity contribution >= 4 is 0 Å². The molecule has 2 heteroatoms. The van der Waals surface area contributed by atoms with Crippen molar-refractivity contribution < 1.29 is 0 Å². The largest absolute Gasteiger partial charge is 0.321 e. The molecule has 1 rings (SSSR count). The second-order valence-electron chi connectivity index (χ2n) is 5.86. The molecular formula is C20H28N2. The maximum Gasteiger partial charge on any atom is 0.0479 e. The van der Waals surface area contributed by atoms with Crippen LogP contribution in [-0.2, 0) is 11.1 Å². The number of nitrogens with two attached hydrogens (primary N) is 2. The van der Waals surface area contributed by atoms with E-state index < -0.39 is 11.1 Å². The van der Waals surface area contributed by atoms with E-state index in [-0.39, 0.29) is 0 Å². The second-order valence-corrected chi connectivity index (χ2v) is 5.86. The van der Waals surface area contributed by atoms with Gasteiger partial charge in [-0.05, 0) is 36.8 Å². The first-order valence-electron chi connectivity index (χ1n) is 7.58. The zero-order valence-corrected chi connectivity index (χ0v) is 13.4. The van der Waals surface area contributed by atoms with Crippen LogP contribution >= 0.6 is 0 Å². The fourth-order valence-electron chi connectivity index (χ4n) is 2.80. The minimum absolute atomic E-state index is 0.462. The molecule has 0 saturated carbocycles. The second kappa shape index (κ2) is 7.92. The van der Waals surface area contributed by atoms with Gasteiger partial charge in [-0.15, -0.1) is 26.3 Å². The Bertz CT molecular complexity index is 456. The van der Waals surface area contributed by atoms with Gasteiger partial charge >= 0.3 is 0 Å². The SMILES string of the molecule is C=CCC(N)(CC=C)c1ccc(C(N)(CC=C)CC=C)cc1. The van der Waals surface area contributed by atoms with E-state index in [0.29, 0.717) is 25.7 Å². The molecule has 0 saturated heterocycles. The van der Waals surface area contributed by atoms with Gasteiger partial charge in [-0.2, -0.15) is 0 Å². The van der Waals surface area contributed by atoms with Crippen molar-refractivity contribution in [1.29, 1.82) is 0 Å². The van der Waals surface area contributed by atoms with Crippen LogP contribution in [0.25, 0.3) is 0 Å². The minimum Gasteiger partial charge on any atom is -0.321 e. The standard InChI is InChI=1S/C20H28N2/c1-5-13-19(21,14-6-2)17-9-11-18(12-10-17)20(22,15-7-3)16-8-4/h5-12H,1-4,13-16,21-22H2. The first-order valence-corrected chi connectivity index (χ1v) is 7.58. The normalized spacial score (nSPS) is 11.7. The summed E-state index contributed by atoms with van der Waals surface area (Å²) in [4.78, 5) is 0. The third-order valence-corrected chi connectivity index (χ3v) is 4.07. The molecule has 0 amide bonds. The summed E-state index contributed by atoms with van der Waals surface area (Å²) < 4.78 is 0. The lowest BCUT2D eigenvalue weighted by atomic mass is 9.80. The highest BCUT2D eigenvalue weighted by Gasteiger charge is 2.27. The van der Waals surface area contributed by atoms with Gasteiger partial charge in [-0.1, -0.05) is 48.6 Å². The molecule has 1 aromatic carbocycles. The average Bonchev–Trinajstić information content (AvgIpc) is 2.48. The van der Waals surface area contributed by atoms with Crippen LogP contribution in [0.5, 0.6) is 0 Å². The predicted molar refractivity (Wildman–Crippen MR) is 97.4 cm³/mol. The van der Waals surface area contributed by atoms with Crippen LogP contribution in [0.3, 0.4) is 0 Å². The summed E-state index contributed by atoms with van der Waals surface area (Å²) in [6.07, 6.45) is 10.2. The van der Waals surface area contributed by atoms with Gasteiger partial charge in [0, 0.05) is 11.1 Å². The third-order valence-electron chi connectivity index (χ3n) is 4.07. The molecule has 0 bridgehead atoms. The van der Waals surface area contributed by atoms with E-state index in [2.05, 4.69) is 50.6 Å². The van der Waals surface area contributed by atoms with Crippen molar-refractivity contribution in [3.8, 4) is 0 Å². The molecule has 2 nitrogen and oxygen atoms in total. The van der Waals surface area contributed by atoms with Gasteiger partial charge in [0.1, 0.15) is 0 Å². The Morgan fingerprint density at radius 2 is 0.864 bits per heavy atom. The minimum atomic E-state index is -0.462. The average molecular weight is 296 g/mol. The first-order chi connectivity index (χ1) is 10.5. The zero-order valence-electron chi connectivity index (χ0n) is 13.4. The highest BCUT2D eigenvalue weighted by molar-refractivity contribution is 5.34. The van der Waals surface area contributed by atoms with Crippen LogP contribution in [-0.4, -0.2) is 0 Å². The number of benzene rings is 1. The Morgan fingerprint density at radius 1 is 0.636 bits per heavy atom. The molecular weight excluding hydrogens is 268 g/mol. The van der Waals surface area contributed by atoms with Crippen LogP contribution < -0.4 is 11.5 Å². The molecule has 22 heavy (non-hydrogen) atoms. The van der Waals surface area contributed by atoms with Crippen LogP contribution in [0.2, 0.25) is 0 Å². The van der Waals surface area contributed by atoms with E-state index in [1.54, 1.807) is 0 Å². The highest BCUT2D eigenvalue weighted by atomic mass is 14.7. The summed E-state index contributed by atoms with van der Waals surface area (Å²) in [7, 11) is 0. The molecule has 0 aliphatic carbocycles. The van der Waals surface area contributed by atoms with E-state index in [0.717, 1.165) is 11.1 Å². The fourth-order valence-corrected chi connectivity index (χ4v) is 2.80. The summed E-state index contributed by atoms with van der Waals surface area (Å²) in [5.74, 6) is 0. The van der Waals surface area contributed by atoms with Gasteiger partial charge in [0.25, 0.3) is 0 Å². The van der Waals surface area contributed by atoms with Gasteiger partial charge in [0.05, 0.1) is 0 Å². The Balaban J connectivity index is 3.16. The van der Waals surface area contributed by atoms with Crippen molar-refractivity contribution in [3.05, 3.63) is 86.0 Å². The van der Waals surface area contributed by atoms with Crippen molar-refractivity contribution in [2.45, 2.75) is 36.8 Å². The summed E-state index contributed by atoms with van der Waals surface area (Å²) in [5.41, 5.74) is 14.2. The molecule has 0 heterocycles. The molecule has 0 unspecified atom stereocenters. The highest BCUT2D eigenvalue weighted by Crippen LogP contribution is 2.31. The lowest BCUT2D eigenvalue weighted by Gasteiger charge is -2.31. The predicted octanol–water partition coefficient (Wildman–Crippen LogP) is 4.30. The van der Waals surface area contributed by atoms with E-state index in [1.807, 2.05) is 24.3 Å². The van der Waals surface area contributed by atoms with Crippen LogP contribution in [0.1, 0.15) is 36.8 Å². The molecule has 0 aliphatic heterocycles. The van der Waals surface area contributed by atoms with E-state index in [4.69, 9.17) is 11.5 Å². The van der Waals surface area contributed by atoms with Gasteiger partial charge in [0.15, 0.2) is 0 Å². The lowest BCUT2D eigenvalue weighted by molar-refractivity contribution is 0.447. The molecule has 0 spiro atoms. The topological polar surface area (TPSA) is 52.0 Å². The molecule has 1 aromatic rings. The smallest absolute Gasteiger partial charge is 0.0479 e. The van der Waals surface area contributed by atoms with Crippen molar-refractivity contribution in [2.24, 2.45) is 11.5 Å². The molecule has 0 radical (unpaired) electrons. The molecule has 0 atom stereocenters. The van der Waals surface area contributed by atoms with Gasteiger partial charge in [-0.3, -0.25) is 0 Å². The summed E-state index contributed by atoms with van der Waals surface area (Å²) in [6, 6.07) is 8.21. The van der Waals surface area contributed by atoms with E-state index in [9.17, 15) is 0 Å². The van der Waals surface area contributed by atoms with E-state index >= 15 is 0 Å². The molecule has 0 aromatic heterocycles. The van der Waals surface area contributed by atoms with Gasteiger partial charge < -0.3 is 11.5 Å². The summed E-state index contributed by atoms with van der Waals surface area (Å²) in [6.45, 7) is 15.2. The maximum absolute atomic E-state index is 6.51. The molecule has 0 aliphatic rings. The summed E-state index contributed by atoms with van der Waals surface area (Å²) in [5, 5.41) is 0. The van der Waals surface area contributed by atoms with Crippen molar-refractivity contribution in [2.75, 3.05) is 0 Å². The number of rotatable bonds is 10. The lowest BCUT2D eigenvalue weighted by Crippen LogP contribution is -2.37. The van der Waals surface area contributed by atoms with Crippen LogP contribution in [0.15, 0.2) is 74.9 Å². The quantitative estimate of drug-likeness (QED) is 0.632. The Kier molecular flexibility index (Phi) is 6.54. The number of hydrogen-bond acceptors (Lipinski definition) is 2. The molecule has 118 valence electrons. The first kappa shape index (κ1) is 18.1. The maximum atomic E-state index is 6.51. The molecule has 0 fully saturated rings. The van der Waals surface area contributed by atoms with Gasteiger partial charge in [0.2, 0.25) is 0 Å². The zero-order chi connectivity index (χ0) is 16.6. The third kappa shape index (κ3) is 4.06. The number of hydrogen-bond donors (Lipinski definition) is 2. The van der Waals surface area contributed by atoms with Crippen LogP contribution in [0.4, 0.5) is 0 Å². The molecule has 4 N–H and O–H groups in total. The Morgan fingerprint density at radius 3 is 1.05 bits per heavy atom.